The summed E-state index contributed by atoms with van der Waals surface area (Å²) in [6.07, 6.45) is 7.42. The first-order chi connectivity index (χ1) is 15.5. The number of β-amino-alcohol motifs (C(OH)–C–C–N with tert-alkyl or cyclic N) is 1. The Kier molecular flexibility index (Phi) is 4.76. The van der Waals surface area contributed by atoms with Crippen LogP contribution in [0.5, 0.6) is 11.8 Å². The highest BCUT2D eigenvalue weighted by molar-refractivity contribution is 6.03. The summed E-state index contributed by atoms with van der Waals surface area (Å²) >= 11 is 0. The van der Waals surface area contributed by atoms with Gasteiger partial charge in [0.05, 0.1) is 35.4 Å². The minimum atomic E-state index is -0.528. The van der Waals surface area contributed by atoms with Crippen LogP contribution >= 0.6 is 0 Å². The van der Waals surface area contributed by atoms with E-state index < -0.39 is 11.9 Å². The van der Waals surface area contributed by atoms with Crippen molar-refractivity contribution >= 4 is 27.5 Å². The number of aromatic hydroxyl groups is 1. The molecule has 8 heteroatoms. The molecule has 1 aliphatic heterocycles. The molecule has 2 aromatic heterocycles. The third-order valence-corrected chi connectivity index (χ3v) is 5.65. The topological polar surface area (TPSA) is 91.6 Å². The Morgan fingerprint density at radius 1 is 1.25 bits per heavy atom. The second-order valence-electron chi connectivity index (χ2n) is 7.67. The van der Waals surface area contributed by atoms with Gasteiger partial charge in [0, 0.05) is 30.2 Å². The van der Waals surface area contributed by atoms with Crippen LogP contribution in [-0.4, -0.2) is 51.5 Å². The first kappa shape index (κ1) is 20.0. The number of ether oxygens (including phenoxy) is 1. The largest absolute Gasteiger partial charge is 0.508 e. The van der Waals surface area contributed by atoms with E-state index in [4.69, 9.17) is 16.1 Å². The van der Waals surface area contributed by atoms with E-state index in [1.54, 1.807) is 18.3 Å². The van der Waals surface area contributed by atoms with E-state index in [1.807, 2.05) is 4.90 Å². The summed E-state index contributed by atoms with van der Waals surface area (Å²) in [7, 11) is 1.48. The van der Waals surface area contributed by atoms with Gasteiger partial charge in [0.1, 0.15) is 17.4 Å². The van der Waals surface area contributed by atoms with Crippen molar-refractivity contribution in [3.8, 4) is 35.4 Å². The van der Waals surface area contributed by atoms with Gasteiger partial charge < -0.3 is 19.8 Å². The van der Waals surface area contributed by atoms with Crippen molar-refractivity contribution in [2.75, 3.05) is 25.1 Å². The average molecular weight is 430 g/mol. The second kappa shape index (κ2) is 7.62. The number of halogens is 1. The number of terminal acetylenes is 1. The molecule has 0 aliphatic carbocycles. The van der Waals surface area contributed by atoms with E-state index in [-0.39, 0.29) is 17.3 Å². The maximum atomic E-state index is 14.5. The molecule has 0 saturated carbocycles. The monoisotopic (exact) mass is 430 g/mol. The summed E-state index contributed by atoms with van der Waals surface area (Å²) in [4.78, 5) is 15.4. The molecule has 32 heavy (non-hydrogen) atoms. The van der Waals surface area contributed by atoms with Crippen LogP contribution in [0.15, 0.2) is 36.5 Å². The third-order valence-electron chi connectivity index (χ3n) is 5.65. The molecule has 1 fully saturated rings. The quantitative estimate of drug-likeness (QED) is 0.482. The number of pyridine rings is 1. The number of phenols is 1. The van der Waals surface area contributed by atoms with Gasteiger partial charge in [-0.25, -0.2) is 14.4 Å². The van der Waals surface area contributed by atoms with Gasteiger partial charge in [-0.2, -0.15) is 4.98 Å². The van der Waals surface area contributed by atoms with Crippen LogP contribution in [0.4, 0.5) is 10.2 Å². The number of aromatic nitrogens is 3. The number of aliphatic hydroxyl groups excluding tert-OH is 1. The van der Waals surface area contributed by atoms with Crippen molar-refractivity contribution in [2.45, 2.75) is 12.5 Å². The van der Waals surface area contributed by atoms with Crippen LogP contribution in [0.2, 0.25) is 0 Å². The van der Waals surface area contributed by atoms with Crippen molar-refractivity contribution in [1.82, 2.24) is 15.0 Å². The zero-order valence-electron chi connectivity index (χ0n) is 17.2. The predicted molar refractivity (Wildman–Crippen MR) is 119 cm³/mol. The normalized spacial score (nSPS) is 15.9. The lowest BCUT2D eigenvalue weighted by Crippen LogP contribution is -2.22. The number of fused-ring (bicyclic) bond motifs is 2. The summed E-state index contributed by atoms with van der Waals surface area (Å²) in [5.41, 5.74) is 1.59. The van der Waals surface area contributed by atoms with Gasteiger partial charge in [-0.05, 0) is 36.1 Å². The molecule has 2 aromatic carbocycles. The molecule has 1 saturated heterocycles. The van der Waals surface area contributed by atoms with Gasteiger partial charge >= 0.3 is 6.01 Å². The Bertz CT molecular complexity index is 1420. The van der Waals surface area contributed by atoms with E-state index in [0.29, 0.717) is 58.3 Å². The minimum Gasteiger partial charge on any atom is -0.508 e. The molecular formula is C24H19FN4O3. The Hall–Kier alpha value is -3.96. The Balaban J connectivity index is 1.84. The van der Waals surface area contributed by atoms with E-state index in [9.17, 15) is 14.6 Å². The molecule has 1 unspecified atom stereocenters. The van der Waals surface area contributed by atoms with Gasteiger partial charge in [0.2, 0.25) is 0 Å². The maximum absolute atomic E-state index is 14.5. The van der Waals surface area contributed by atoms with Crippen LogP contribution in [0.25, 0.3) is 32.9 Å². The lowest BCUT2D eigenvalue weighted by atomic mass is 9.96. The third kappa shape index (κ3) is 3.24. The van der Waals surface area contributed by atoms with Crippen molar-refractivity contribution in [3.05, 3.63) is 47.9 Å². The van der Waals surface area contributed by atoms with Crippen LogP contribution in [0.3, 0.4) is 0 Å². The van der Waals surface area contributed by atoms with Crippen molar-refractivity contribution in [2.24, 2.45) is 0 Å². The van der Waals surface area contributed by atoms with E-state index in [1.165, 1.54) is 25.3 Å². The molecule has 0 radical (unpaired) electrons. The minimum absolute atomic E-state index is 0.00221. The van der Waals surface area contributed by atoms with Crippen LogP contribution in [0, 0.1) is 18.2 Å². The molecule has 5 rings (SSSR count). The summed E-state index contributed by atoms with van der Waals surface area (Å²) in [6, 6.07) is 7.82. The molecule has 7 nitrogen and oxygen atoms in total. The van der Waals surface area contributed by atoms with E-state index in [2.05, 4.69) is 15.9 Å². The maximum Gasteiger partial charge on any atom is 0.316 e. The SMILES string of the molecule is C#Cc1c(F)ccc2cc(O)cc(-c3cc4nc(OC)ncc4c(N4CCC(O)C4)n3)c12. The van der Waals surface area contributed by atoms with E-state index in [0.717, 1.165) is 0 Å². The van der Waals surface area contributed by atoms with E-state index >= 15 is 0 Å². The first-order valence-corrected chi connectivity index (χ1v) is 10.1. The lowest BCUT2D eigenvalue weighted by molar-refractivity contribution is 0.198. The number of hydrogen-bond donors (Lipinski definition) is 2. The smallest absolute Gasteiger partial charge is 0.316 e. The summed E-state index contributed by atoms with van der Waals surface area (Å²) in [5.74, 6) is 2.49. The molecule has 0 bridgehead atoms. The van der Waals surface area contributed by atoms with Crippen molar-refractivity contribution in [3.63, 3.8) is 0 Å². The van der Waals surface area contributed by atoms with Crippen LogP contribution in [-0.2, 0) is 0 Å². The fourth-order valence-electron chi connectivity index (χ4n) is 4.18. The average Bonchev–Trinajstić information content (AvgIpc) is 3.23. The molecule has 0 spiro atoms. The number of hydrogen-bond acceptors (Lipinski definition) is 7. The Morgan fingerprint density at radius 2 is 2.09 bits per heavy atom. The number of anilines is 1. The molecule has 1 atom stereocenters. The molecule has 1 aliphatic rings. The Labute approximate surface area is 183 Å². The summed E-state index contributed by atoms with van der Waals surface area (Å²) in [5, 5.41) is 22.2. The van der Waals surface area contributed by atoms with Crippen LogP contribution < -0.4 is 9.64 Å². The number of methoxy groups -OCH3 is 1. The number of aliphatic hydroxyl groups is 1. The van der Waals surface area contributed by atoms with Gasteiger partial charge in [-0.15, -0.1) is 6.42 Å². The van der Waals surface area contributed by atoms with Gasteiger partial charge in [-0.3, -0.25) is 0 Å². The summed E-state index contributed by atoms with van der Waals surface area (Å²) in [6.45, 7) is 1.03. The molecule has 160 valence electrons. The highest BCUT2D eigenvalue weighted by Gasteiger charge is 2.25. The lowest BCUT2D eigenvalue weighted by Gasteiger charge is -2.20. The predicted octanol–water partition coefficient (Wildman–Crippen LogP) is 3.25. The molecule has 0 amide bonds. The molecule has 3 heterocycles. The standard InChI is InChI=1S/C24H19FN4O3/c1-3-16-19(25)5-4-13-8-15(31)9-17(22(13)16)20-10-21-18(11-26-24(28-21)32-2)23(27-20)29-7-6-14(30)12-29/h1,4-5,8-11,14,30-31H,6-7,12H2,2H3. The number of benzene rings is 2. The Morgan fingerprint density at radius 3 is 2.81 bits per heavy atom. The molecular weight excluding hydrogens is 411 g/mol. The highest BCUT2D eigenvalue weighted by Crippen LogP contribution is 2.38. The van der Waals surface area contributed by atoms with Crippen molar-refractivity contribution < 1.29 is 19.3 Å². The van der Waals surface area contributed by atoms with Gasteiger partial charge in [0.25, 0.3) is 0 Å². The second-order valence-corrected chi connectivity index (χ2v) is 7.67. The van der Waals surface area contributed by atoms with Gasteiger partial charge in [0.15, 0.2) is 0 Å². The molecule has 4 aromatic rings. The number of phenolic OH excluding ortho intramolecular Hbond substituents is 1. The fourth-order valence-corrected chi connectivity index (χ4v) is 4.18. The van der Waals surface area contributed by atoms with Gasteiger partial charge in [-0.1, -0.05) is 12.0 Å². The van der Waals surface area contributed by atoms with Crippen molar-refractivity contribution in [1.29, 1.82) is 0 Å². The zero-order chi connectivity index (χ0) is 22.4. The highest BCUT2D eigenvalue weighted by atomic mass is 19.1. The summed E-state index contributed by atoms with van der Waals surface area (Å²) < 4.78 is 19.7. The fraction of sp³-hybridized carbons (Fsp3) is 0.208. The molecule has 2 N–H and O–H groups in total. The number of rotatable bonds is 3. The van der Waals surface area contributed by atoms with Crippen LogP contribution in [0.1, 0.15) is 12.0 Å². The zero-order valence-corrected chi connectivity index (χ0v) is 17.2. The number of nitrogens with zero attached hydrogens (tertiary/aromatic N) is 4. The first-order valence-electron chi connectivity index (χ1n) is 10.1.